The van der Waals surface area contributed by atoms with Gasteiger partial charge in [0.2, 0.25) is 5.91 Å². The van der Waals surface area contributed by atoms with Crippen molar-refractivity contribution in [2.75, 3.05) is 32.0 Å². The number of benzene rings is 1. The highest BCUT2D eigenvalue weighted by molar-refractivity contribution is 7.13. The standard InChI is InChI=1S/C18H24N4O2S/c19-18-21-15(13-25-18)6-7-20-17(23)10-16-12-22(8-9-24-16)11-14-4-2-1-3-5-14/h1-5,13,16H,6-12H2,(H2,19,21)(H,20,23)/t16-/m1/s1. The molecule has 6 nitrogen and oxygen atoms in total. The Hall–Kier alpha value is -1.96. The Kier molecular flexibility index (Phi) is 6.38. The van der Waals surface area contributed by atoms with Crippen LogP contribution in [0.5, 0.6) is 0 Å². The van der Waals surface area contributed by atoms with Crippen molar-refractivity contribution in [3.63, 3.8) is 0 Å². The number of carbonyl (C=O) groups is 1. The predicted octanol–water partition coefficient (Wildman–Crippen LogP) is 1.68. The number of carbonyl (C=O) groups excluding carboxylic acids is 1. The Bertz CT molecular complexity index is 677. The lowest BCUT2D eigenvalue weighted by Gasteiger charge is -2.32. The highest BCUT2D eigenvalue weighted by Crippen LogP contribution is 2.13. The summed E-state index contributed by atoms with van der Waals surface area (Å²) in [5.74, 6) is 0.0229. The molecule has 0 saturated carbocycles. The molecule has 1 aliphatic rings. The molecule has 1 aliphatic heterocycles. The topological polar surface area (TPSA) is 80.5 Å². The van der Waals surface area contributed by atoms with E-state index in [-0.39, 0.29) is 12.0 Å². The Labute approximate surface area is 152 Å². The number of amides is 1. The lowest BCUT2D eigenvalue weighted by atomic mass is 10.1. The lowest BCUT2D eigenvalue weighted by Crippen LogP contribution is -2.44. The van der Waals surface area contributed by atoms with Gasteiger partial charge in [-0.25, -0.2) is 4.98 Å². The maximum absolute atomic E-state index is 12.1. The number of thiazole rings is 1. The number of nitrogens with one attached hydrogen (secondary N) is 1. The van der Waals surface area contributed by atoms with Crippen LogP contribution in [-0.4, -0.2) is 48.1 Å². The zero-order chi connectivity index (χ0) is 17.5. The minimum Gasteiger partial charge on any atom is -0.375 e. The first kappa shape index (κ1) is 17.8. The van der Waals surface area contributed by atoms with Crippen LogP contribution in [0.2, 0.25) is 0 Å². The molecule has 1 fully saturated rings. The predicted molar refractivity (Wildman–Crippen MR) is 99.3 cm³/mol. The quantitative estimate of drug-likeness (QED) is 0.785. The summed E-state index contributed by atoms with van der Waals surface area (Å²) in [6, 6.07) is 10.4. The SMILES string of the molecule is Nc1nc(CCNC(=O)C[C@@H]2CN(Cc3ccccc3)CCO2)cs1. The van der Waals surface area contributed by atoms with Crippen molar-refractivity contribution >= 4 is 22.4 Å². The summed E-state index contributed by atoms with van der Waals surface area (Å²) >= 11 is 1.42. The Morgan fingerprint density at radius 1 is 1.40 bits per heavy atom. The molecule has 1 amide bonds. The van der Waals surface area contributed by atoms with Gasteiger partial charge in [0, 0.05) is 38.0 Å². The number of rotatable bonds is 7. The van der Waals surface area contributed by atoms with E-state index in [0.29, 0.717) is 31.1 Å². The van der Waals surface area contributed by atoms with Gasteiger partial charge in [-0.3, -0.25) is 9.69 Å². The van der Waals surface area contributed by atoms with Crippen LogP contribution in [0.1, 0.15) is 17.7 Å². The van der Waals surface area contributed by atoms with Gasteiger partial charge in [0.05, 0.1) is 24.8 Å². The molecule has 1 aromatic heterocycles. The number of hydrogen-bond donors (Lipinski definition) is 2. The first-order valence-electron chi connectivity index (χ1n) is 8.53. The maximum Gasteiger partial charge on any atom is 0.222 e. The fraction of sp³-hybridized carbons (Fsp3) is 0.444. The van der Waals surface area contributed by atoms with Crippen molar-refractivity contribution in [2.45, 2.75) is 25.5 Å². The van der Waals surface area contributed by atoms with Gasteiger partial charge >= 0.3 is 0 Å². The number of aromatic nitrogens is 1. The molecule has 1 atom stereocenters. The molecular formula is C18H24N4O2S. The molecule has 0 aliphatic carbocycles. The summed E-state index contributed by atoms with van der Waals surface area (Å²) in [4.78, 5) is 18.6. The minimum absolute atomic E-state index is 0.0229. The van der Waals surface area contributed by atoms with Gasteiger partial charge in [0.15, 0.2) is 5.13 Å². The summed E-state index contributed by atoms with van der Waals surface area (Å²) < 4.78 is 5.75. The van der Waals surface area contributed by atoms with Crippen molar-refractivity contribution < 1.29 is 9.53 Å². The number of morpholine rings is 1. The normalized spacial score (nSPS) is 18.2. The molecule has 1 saturated heterocycles. The number of nitrogens with two attached hydrogens (primary N) is 1. The van der Waals surface area contributed by atoms with E-state index < -0.39 is 0 Å². The molecule has 0 radical (unpaired) electrons. The number of ether oxygens (including phenoxy) is 1. The molecule has 0 bridgehead atoms. The van der Waals surface area contributed by atoms with Crippen molar-refractivity contribution in [3.05, 3.63) is 47.0 Å². The number of anilines is 1. The average Bonchev–Trinajstić information content (AvgIpc) is 3.01. The monoisotopic (exact) mass is 360 g/mol. The van der Waals surface area contributed by atoms with Gasteiger partial charge < -0.3 is 15.8 Å². The van der Waals surface area contributed by atoms with Crippen molar-refractivity contribution in [1.82, 2.24) is 15.2 Å². The summed E-state index contributed by atoms with van der Waals surface area (Å²) in [6.45, 7) is 3.82. The highest BCUT2D eigenvalue weighted by atomic mass is 32.1. The van der Waals surface area contributed by atoms with Crippen LogP contribution >= 0.6 is 11.3 Å². The third-order valence-electron chi connectivity index (χ3n) is 4.16. The van der Waals surface area contributed by atoms with E-state index in [9.17, 15) is 4.79 Å². The molecule has 2 heterocycles. The van der Waals surface area contributed by atoms with E-state index in [2.05, 4.69) is 39.5 Å². The van der Waals surface area contributed by atoms with Gasteiger partial charge in [-0.2, -0.15) is 0 Å². The van der Waals surface area contributed by atoms with Gasteiger partial charge in [0.25, 0.3) is 0 Å². The van der Waals surface area contributed by atoms with E-state index in [4.69, 9.17) is 10.5 Å². The first-order chi connectivity index (χ1) is 12.2. The van der Waals surface area contributed by atoms with Crippen LogP contribution in [-0.2, 0) is 22.5 Å². The van der Waals surface area contributed by atoms with Crippen LogP contribution in [0.4, 0.5) is 5.13 Å². The van der Waals surface area contributed by atoms with Gasteiger partial charge in [0.1, 0.15) is 0 Å². The molecule has 7 heteroatoms. The van der Waals surface area contributed by atoms with Gasteiger partial charge in [-0.05, 0) is 5.56 Å². The molecule has 134 valence electrons. The zero-order valence-electron chi connectivity index (χ0n) is 14.2. The summed E-state index contributed by atoms with van der Waals surface area (Å²) in [6.07, 6.45) is 1.04. The average molecular weight is 360 g/mol. The highest BCUT2D eigenvalue weighted by Gasteiger charge is 2.22. The molecule has 3 rings (SSSR count). The van der Waals surface area contributed by atoms with Crippen LogP contribution in [0.15, 0.2) is 35.7 Å². The Balaban J connectivity index is 1.38. The van der Waals surface area contributed by atoms with Crippen molar-refractivity contribution in [1.29, 1.82) is 0 Å². The zero-order valence-corrected chi connectivity index (χ0v) is 15.0. The smallest absolute Gasteiger partial charge is 0.222 e. The van der Waals surface area contributed by atoms with Crippen molar-refractivity contribution in [3.8, 4) is 0 Å². The summed E-state index contributed by atoms with van der Waals surface area (Å²) in [5, 5.41) is 5.43. The number of nitrogen functional groups attached to an aromatic ring is 1. The van der Waals surface area contributed by atoms with Crippen LogP contribution in [0.3, 0.4) is 0 Å². The van der Waals surface area contributed by atoms with E-state index in [1.807, 2.05) is 11.4 Å². The second kappa shape index (κ2) is 8.94. The largest absolute Gasteiger partial charge is 0.375 e. The van der Waals surface area contributed by atoms with Gasteiger partial charge in [-0.15, -0.1) is 11.3 Å². The fourth-order valence-electron chi connectivity index (χ4n) is 2.94. The van der Waals surface area contributed by atoms with Crippen molar-refractivity contribution in [2.24, 2.45) is 0 Å². The fourth-order valence-corrected chi connectivity index (χ4v) is 3.53. The van der Waals surface area contributed by atoms with Crippen LogP contribution in [0.25, 0.3) is 0 Å². The van der Waals surface area contributed by atoms with E-state index in [1.54, 1.807) is 0 Å². The summed E-state index contributed by atoms with van der Waals surface area (Å²) in [7, 11) is 0. The first-order valence-corrected chi connectivity index (χ1v) is 9.41. The van der Waals surface area contributed by atoms with E-state index >= 15 is 0 Å². The Morgan fingerprint density at radius 3 is 3.00 bits per heavy atom. The lowest BCUT2D eigenvalue weighted by molar-refractivity contribution is -0.126. The Morgan fingerprint density at radius 2 is 2.24 bits per heavy atom. The molecule has 3 N–H and O–H groups in total. The second-order valence-corrected chi connectivity index (χ2v) is 7.08. The molecular weight excluding hydrogens is 336 g/mol. The third-order valence-corrected chi connectivity index (χ3v) is 4.88. The molecule has 0 spiro atoms. The van der Waals surface area contributed by atoms with Gasteiger partial charge in [-0.1, -0.05) is 30.3 Å². The molecule has 2 aromatic rings. The molecule has 25 heavy (non-hydrogen) atoms. The van der Waals surface area contributed by atoms with Crippen LogP contribution < -0.4 is 11.1 Å². The van der Waals surface area contributed by atoms with E-state index in [1.165, 1.54) is 16.9 Å². The van der Waals surface area contributed by atoms with E-state index in [0.717, 1.165) is 25.3 Å². The molecule has 0 unspecified atom stereocenters. The van der Waals surface area contributed by atoms with Crippen LogP contribution in [0, 0.1) is 0 Å². The molecule has 1 aromatic carbocycles. The number of hydrogen-bond acceptors (Lipinski definition) is 6. The number of nitrogens with zero attached hydrogens (tertiary/aromatic N) is 2. The third kappa shape index (κ3) is 5.81. The maximum atomic E-state index is 12.1. The summed E-state index contributed by atoms with van der Waals surface area (Å²) in [5.41, 5.74) is 7.81. The minimum atomic E-state index is -0.0487. The second-order valence-electron chi connectivity index (χ2n) is 6.19.